The molecule has 0 saturated carbocycles. The highest BCUT2D eigenvalue weighted by Gasteiger charge is 2.31. The van der Waals surface area contributed by atoms with Crippen LogP contribution in [0.25, 0.3) is 33.4 Å². The van der Waals surface area contributed by atoms with Gasteiger partial charge in [0.25, 0.3) is 0 Å². The lowest BCUT2D eigenvalue weighted by molar-refractivity contribution is 0.0975. The van der Waals surface area contributed by atoms with E-state index in [1.165, 1.54) is 50.1 Å². The molecule has 0 aliphatic carbocycles. The quantitative estimate of drug-likeness (QED) is 0.115. The average molecular weight is 975 g/mol. The monoisotopic (exact) mass is 975 g/mol. The molecule has 0 N–H and O–H groups in total. The van der Waals surface area contributed by atoms with Crippen LogP contribution in [0.5, 0.6) is 0 Å². The molecule has 0 atom stereocenters. The lowest BCUT2D eigenvalue weighted by atomic mass is 9.76. The van der Waals surface area contributed by atoms with E-state index in [-0.39, 0.29) is 52.3 Å². The third-order valence-corrected chi connectivity index (χ3v) is 15.8. The largest absolute Gasteiger partial charge is 0.475 e. The second-order valence-electron chi connectivity index (χ2n) is 26.3. The van der Waals surface area contributed by atoms with Gasteiger partial charge in [-0.05, 0) is 153 Å². The molecule has 0 saturated heterocycles. The van der Waals surface area contributed by atoms with Gasteiger partial charge < -0.3 is 0 Å². The number of rotatable bonds is 12. The summed E-state index contributed by atoms with van der Waals surface area (Å²) in [5.41, 5.74) is 20.5. The number of hydrogen-bond acceptors (Lipinski definition) is 4. The topological polar surface area (TPSA) is 44.8 Å². The van der Waals surface area contributed by atoms with Gasteiger partial charge in [0.05, 0.1) is 19.8 Å². The fourth-order valence-corrected chi connectivity index (χ4v) is 10.7. The highest BCUT2D eigenvalue weighted by molar-refractivity contribution is 7.48. The molecule has 6 aromatic carbocycles. The van der Waals surface area contributed by atoms with E-state index in [0.717, 1.165) is 50.1 Å². The first-order valence-corrected chi connectivity index (χ1v) is 27.3. The van der Waals surface area contributed by atoms with Gasteiger partial charge in [0.15, 0.2) is 0 Å². The van der Waals surface area contributed by atoms with Crippen molar-refractivity contribution >= 4 is 7.82 Å². The maximum absolute atomic E-state index is 15.4. The summed E-state index contributed by atoms with van der Waals surface area (Å²) in [5.74, 6) is 0. The molecule has 6 aromatic rings. The van der Waals surface area contributed by atoms with Crippen LogP contribution in [-0.4, -0.2) is 0 Å². The average Bonchev–Trinajstić information content (AvgIpc) is 3.26. The predicted molar refractivity (Wildman–Crippen MR) is 304 cm³/mol. The van der Waals surface area contributed by atoms with Crippen molar-refractivity contribution in [2.24, 2.45) is 0 Å². The van der Waals surface area contributed by atoms with Gasteiger partial charge in [-0.15, -0.1) is 0 Å². The van der Waals surface area contributed by atoms with Crippen LogP contribution in [0.15, 0.2) is 109 Å². The molecular formula is C66H87O4P. The Kier molecular flexibility index (Phi) is 16.0. The molecule has 0 bridgehead atoms. The molecule has 5 heteroatoms. The van der Waals surface area contributed by atoms with Crippen molar-refractivity contribution in [3.63, 3.8) is 0 Å². The van der Waals surface area contributed by atoms with Gasteiger partial charge in [-0.2, -0.15) is 0 Å². The maximum atomic E-state index is 15.4. The van der Waals surface area contributed by atoms with Crippen LogP contribution >= 0.6 is 7.82 Å². The van der Waals surface area contributed by atoms with Crippen LogP contribution < -0.4 is 0 Å². The number of phosphoric ester groups is 1. The third kappa shape index (κ3) is 13.0. The molecule has 0 amide bonds. The zero-order chi connectivity index (χ0) is 52.9. The highest BCUT2D eigenvalue weighted by atomic mass is 31.2. The minimum Gasteiger partial charge on any atom is -0.282 e. The van der Waals surface area contributed by atoms with E-state index in [9.17, 15) is 0 Å². The second kappa shape index (κ2) is 20.4. The van der Waals surface area contributed by atoms with E-state index in [4.69, 9.17) is 13.6 Å². The fraction of sp³-hybridized carbons (Fsp3) is 0.455. The molecule has 0 aliphatic rings. The molecule has 0 fully saturated rings. The SMILES string of the molecule is Cc1c(COP(=O)(OCc2cccc(-c3ccc(C(C)(C)C)cc3C(C)(C)C)c2C)OCc2cccc(-c3ccc(C(C)(C)C)cc3C(C)(C)C)c2C)cccc1-c1ccc(C(C)(C)C)cc1C(C)(C)C. The molecule has 0 spiro atoms. The van der Waals surface area contributed by atoms with Crippen LogP contribution in [-0.2, 0) is 70.4 Å². The first kappa shape index (κ1) is 55.7. The van der Waals surface area contributed by atoms with Crippen LogP contribution in [0.4, 0.5) is 0 Å². The van der Waals surface area contributed by atoms with Gasteiger partial charge in [0, 0.05) is 0 Å². The molecule has 0 aromatic heterocycles. The Morgan fingerprint density at radius 3 is 0.775 bits per heavy atom. The third-order valence-electron chi connectivity index (χ3n) is 14.4. The van der Waals surface area contributed by atoms with Crippen molar-refractivity contribution in [2.45, 2.75) is 198 Å². The minimum absolute atomic E-state index is 0.0181. The first-order chi connectivity index (χ1) is 32.6. The van der Waals surface area contributed by atoms with Crippen LogP contribution in [0.3, 0.4) is 0 Å². The number of benzene rings is 6. The zero-order valence-electron chi connectivity index (χ0n) is 47.6. The van der Waals surface area contributed by atoms with Crippen molar-refractivity contribution in [3.8, 4) is 33.4 Å². The Labute approximate surface area is 431 Å². The van der Waals surface area contributed by atoms with E-state index in [1.807, 2.05) is 0 Å². The Balaban J connectivity index is 1.39. The standard InChI is InChI=1S/C66H87O4P/c1-43-46(25-22-28-52(43)55-34-31-49(61(4,5)6)37-58(55)64(13,14)15)40-68-71(67,69-41-47-26-23-29-53(44(47)2)56-35-32-50(62(7,8)9)38-59(56)65(16,17)18)70-42-48-27-24-30-54(45(48)3)57-36-33-51(63(10,11)12)39-60(57)66(19,20)21/h22-39H,40-42H2,1-21H3. The molecule has 0 unspecified atom stereocenters. The van der Waals surface area contributed by atoms with Gasteiger partial charge in [-0.25, -0.2) is 4.57 Å². The van der Waals surface area contributed by atoms with E-state index in [1.54, 1.807) is 0 Å². The second-order valence-corrected chi connectivity index (χ2v) is 28.0. The Bertz CT molecular complexity index is 2610. The van der Waals surface area contributed by atoms with Crippen molar-refractivity contribution in [1.82, 2.24) is 0 Å². The Morgan fingerprint density at radius 1 is 0.324 bits per heavy atom. The first-order valence-electron chi connectivity index (χ1n) is 25.9. The van der Waals surface area contributed by atoms with E-state index in [0.29, 0.717) is 0 Å². The molecule has 71 heavy (non-hydrogen) atoms. The van der Waals surface area contributed by atoms with E-state index >= 15 is 4.57 Å². The minimum atomic E-state index is -4.22. The summed E-state index contributed by atoms with van der Waals surface area (Å²) < 4.78 is 35.0. The summed E-state index contributed by atoms with van der Waals surface area (Å²) in [6, 6.07) is 39.6. The number of hydrogen-bond donors (Lipinski definition) is 0. The predicted octanol–water partition coefficient (Wildman–Crippen LogP) is 19.5. The van der Waals surface area contributed by atoms with Crippen molar-refractivity contribution < 1.29 is 18.1 Å². The van der Waals surface area contributed by atoms with Gasteiger partial charge in [0.2, 0.25) is 0 Å². The van der Waals surface area contributed by atoms with Crippen molar-refractivity contribution in [1.29, 1.82) is 0 Å². The summed E-state index contributed by atoms with van der Waals surface area (Å²) in [6.45, 7) is 47.4. The van der Waals surface area contributed by atoms with Gasteiger partial charge >= 0.3 is 7.82 Å². The molecule has 4 nitrogen and oxygen atoms in total. The summed E-state index contributed by atoms with van der Waals surface area (Å²) in [4.78, 5) is 0. The smallest absolute Gasteiger partial charge is 0.282 e. The summed E-state index contributed by atoms with van der Waals surface area (Å²) in [6.07, 6.45) is 0. The molecule has 380 valence electrons. The van der Waals surface area contributed by atoms with Crippen molar-refractivity contribution in [3.05, 3.63) is 176 Å². The molecule has 0 aliphatic heterocycles. The Morgan fingerprint density at radius 2 is 0.563 bits per heavy atom. The number of phosphoric acid groups is 1. The zero-order valence-corrected chi connectivity index (χ0v) is 48.5. The maximum Gasteiger partial charge on any atom is 0.475 e. The molecule has 0 radical (unpaired) electrons. The Hall–Kier alpha value is -4.57. The molecular weight excluding hydrogens is 888 g/mol. The summed E-state index contributed by atoms with van der Waals surface area (Å²) in [5, 5.41) is 0. The van der Waals surface area contributed by atoms with Gasteiger partial charge in [-0.1, -0.05) is 234 Å². The van der Waals surface area contributed by atoms with Gasteiger partial charge in [-0.3, -0.25) is 13.6 Å². The lowest BCUT2D eigenvalue weighted by Gasteiger charge is -2.28. The molecule has 0 heterocycles. The normalized spacial score (nSPS) is 13.3. The van der Waals surface area contributed by atoms with Gasteiger partial charge in [0.1, 0.15) is 0 Å². The summed E-state index contributed by atoms with van der Waals surface area (Å²) in [7, 11) is -4.22. The van der Waals surface area contributed by atoms with Crippen molar-refractivity contribution in [2.75, 3.05) is 0 Å². The fourth-order valence-electron chi connectivity index (χ4n) is 9.55. The summed E-state index contributed by atoms with van der Waals surface area (Å²) >= 11 is 0. The molecule has 6 rings (SSSR count). The van der Waals surface area contributed by atoms with E-state index < -0.39 is 7.82 Å². The van der Waals surface area contributed by atoms with E-state index in [2.05, 4.69) is 255 Å². The highest BCUT2D eigenvalue weighted by Crippen LogP contribution is 2.53. The van der Waals surface area contributed by atoms with Crippen LogP contribution in [0, 0.1) is 20.8 Å². The lowest BCUT2D eigenvalue weighted by Crippen LogP contribution is -2.17. The van der Waals surface area contributed by atoms with Crippen LogP contribution in [0.1, 0.15) is 191 Å². The van der Waals surface area contributed by atoms with Crippen LogP contribution in [0.2, 0.25) is 0 Å².